The smallest absolute Gasteiger partial charge is 0.311 e. The molecular weight excluding hydrogens is 348 g/mol. The number of halogens is 1. The van der Waals surface area contributed by atoms with Gasteiger partial charge in [0.05, 0.1) is 13.5 Å². The van der Waals surface area contributed by atoms with Crippen LogP contribution < -0.4 is 9.47 Å². The largest absolute Gasteiger partial charge is 0.493 e. The Kier molecular flexibility index (Phi) is 5.72. The summed E-state index contributed by atoms with van der Waals surface area (Å²) < 4.78 is 11.2. The first kappa shape index (κ1) is 16.2. The third-order valence-corrected chi connectivity index (χ3v) is 3.54. The van der Waals surface area contributed by atoms with Crippen LogP contribution in [0.25, 0.3) is 0 Å². The second-order valence-electron chi connectivity index (χ2n) is 4.55. The molecule has 0 radical (unpaired) electrons. The van der Waals surface area contributed by atoms with E-state index in [-0.39, 0.29) is 18.6 Å². The minimum Gasteiger partial charge on any atom is -0.493 e. The van der Waals surface area contributed by atoms with Crippen molar-refractivity contribution in [2.45, 2.75) is 12.8 Å². The fraction of sp³-hybridized carbons (Fsp3) is 0.176. The average Bonchev–Trinajstić information content (AvgIpc) is 2.54. The quantitative estimate of drug-likeness (QED) is 0.442. The Morgan fingerprint density at radius 2 is 1.59 bits per heavy atom. The van der Waals surface area contributed by atoms with Gasteiger partial charge in [-0.3, -0.25) is 9.59 Å². The summed E-state index contributed by atoms with van der Waals surface area (Å²) in [4.78, 5) is 23.8. The number of methoxy groups -OCH3 is 1. The number of hydrogen-bond donors (Lipinski definition) is 0. The summed E-state index contributed by atoms with van der Waals surface area (Å²) in [5.41, 5.74) is 0.577. The molecular formula is C17H15BrO4. The van der Waals surface area contributed by atoms with Crippen molar-refractivity contribution in [1.29, 1.82) is 0 Å². The molecule has 0 heterocycles. The number of carbonyl (C=O) groups is 2. The number of para-hydroxylation sites is 2. The van der Waals surface area contributed by atoms with Gasteiger partial charge in [0.15, 0.2) is 17.3 Å². The number of Topliss-reactive ketones (excluding diaryl/α,β-unsaturated/α-hetero) is 1. The van der Waals surface area contributed by atoms with Gasteiger partial charge in [-0.2, -0.15) is 0 Å². The van der Waals surface area contributed by atoms with Crippen molar-refractivity contribution in [3.05, 3.63) is 58.6 Å². The van der Waals surface area contributed by atoms with E-state index < -0.39 is 5.97 Å². The molecule has 0 aromatic heterocycles. The number of hydrogen-bond acceptors (Lipinski definition) is 4. The molecule has 2 aromatic carbocycles. The zero-order valence-corrected chi connectivity index (χ0v) is 13.6. The lowest BCUT2D eigenvalue weighted by molar-refractivity contribution is -0.134. The highest BCUT2D eigenvalue weighted by Gasteiger charge is 2.13. The Balaban J connectivity index is 1.90. The molecule has 0 saturated carbocycles. The number of esters is 1. The van der Waals surface area contributed by atoms with Crippen LogP contribution in [0, 0.1) is 0 Å². The lowest BCUT2D eigenvalue weighted by Gasteiger charge is -2.08. The Labute approximate surface area is 137 Å². The van der Waals surface area contributed by atoms with Gasteiger partial charge in [0, 0.05) is 16.5 Å². The molecule has 0 aliphatic carbocycles. The van der Waals surface area contributed by atoms with E-state index >= 15 is 0 Å². The fourth-order valence-electron chi connectivity index (χ4n) is 1.87. The van der Waals surface area contributed by atoms with Crippen molar-refractivity contribution in [3.63, 3.8) is 0 Å². The summed E-state index contributed by atoms with van der Waals surface area (Å²) >= 11 is 3.31. The van der Waals surface area contributed by atoms with E-state index in [9.17, 15) is 9.59 Å². The maximum atomic E-state index is 12.0. The van der Waals surface area contributed by atoms with Crippen molar-refractivity contribution >= 4 is 27.7 Å². The summed E-state index contributed by atoms with van der Waals surface area (Å²) in [5.74, 6) is 0.278. The lowest BCUT2D eigenvalue weighted by Crippen LogP contribution is -2.11. The van der Waals surface area contributed by atoms with Gasteiger partial charge in [-0.05, 0) is 24.3 Å². The Bertz CT molecular complexity index is 665. The first-order chi connectivity index (χ1) is 10.6. The van der Waals surface area contributed by atoms with Gasteiger partial charge >= 0.3 is 5.97 Å². The van der Waals surface area contributed by atoms with E-state index in [1.54, 1.807) is 48.5 Å². The Morgan fingerprint density at radius 3 is 2.23 bits per heavy atom. The van der Waals surface area contributed by atoms with Gasteiger partial charge in [0.1, 0.15) is 0 Å². The molecule has 0 aliphatic rings. The molecule has 0 amide bonds. The predicted molar refractivity (Wildman–Crippen MR) is 86.3 cm³/mol. The van der Waals surface area contributed by atoms with E-state index in [1.165, 1.54) is 7.11 Å². The number of ether oxygens (including phenoxy) is 2. The summed E-state index contributed by atoms with van der Waals surface area (Å²) in [6.07, 6.45) is 0.128. The SMILES string of the molecule is COc1ccccc1OC(=O)CCC(=O)c1ccc(Br)cc1. The molecule has 0 saturated heterocycles. The van der Waals surface area contributed by atoms with Crippen molar-refractivity contribution < 1.29 is 19.1 Å². The number of carbonyl (C=O) groups excluding carboxylic acids is 2. The van der Waals surface area contributed by atoms with E-state index in [0.29, 0.717) is 17.1 Å². The monoisotopic (exact) mass is 362 g/mol. The zero-order chi connectivity index (χ0) is 15.9. The van der Waals surface area contributed by atoms with Crippen LogP contribution in [0.5, 0.6) is 11.5 Å². The fourth-order valence-corrected chi connectivity index (χ4v) is 2.14. The van der Waals surface area contributed by atoms with Gasteiger partial charge in [0.25, 0.3) is 0 Å². The highest BCUT2D eigenvalue weighted by molar-refractivity contribution is 9.10. The van der Waals surface area contributed by atoms with Gasteiger partial charge in [-0.1, -0.05) is 40.2 Å². The second-order valence-corrected chi connectivity index (χ2v) is 5.47. The minimum absolute atomic E-state index is 0.0208. The summed E-state index contributed by atoms with van der Waals surface area (Å²) in [5, 5.41) is 0. The molecule has 2 rings (SSSR count). The average molecular weight is 363 g/mol. The highest BCUT2D eigenvalue weighted by Crippen LogP contribution is 2.26. The van der Waals surface area contributed by atoms with Crippen LogP contribution in [0.3, 0.4) is 0 Å². The Hall–Kier alpha value is -2.14. The van der Waals surface area contributed by atoms with E-state index in [1.807, 2.05) is 0 Å². The molecule has 5 heteroatoms. The molecule has 22 heavy (non-hydrogen) atoms. The van der Waals surface area contributed by atoms with Gasteiger partial charge < -0.3 is 9.47 Å². The third kappa shape index (κ3) is 4.43. The molecule has 114 valence electrons. The molecule has 0 spiro atoms. The van der Waals surface area contributed by atoms with Gasteiger partial charge in [-0.25, -0.2) is 0 Å². The molecule has 2 aromatic rings. The minimum atomic E-state index is -0.463. The van der Waals surface area contributed by atoms with Crippen LogP contribution in [-0.2, 0) is 4.79 Å². The van der Waals surface area contributed by atoms with Crippen molar-refractivity contribution in [2.75, 3.05) is 7.11 Å². The summed E-state index contributed by atoms with van der Waals surface area (Å²) in [6.45, 7) is 0. The number of benzene rings is 2. The van der Waals surface area contributed by atoms with Gasteiger partial charge in [0.2, 0.25) is 0 Å². The van der Waals surface area contributed by atoms with E-state index in [4.69, 9.17) is 9.47 Å². The van der Waals surface area contributed by atoms with Crippen molar-refractivity contribution in [3.8, 4) is 11.5 Å². The maximum Gasteiger partial charge on any atom is 0.311 e. The lowest BCUT2D eigenvalue weighted by atomic mass is 10.1. The van der Waals surface area contributed by atoms with Crippen LogP contribution >= 0.6 is 15.9 Å². The third-order valence-electron chi connectivity index (χ3n) is 3.02. The normalized spacial score (nSPS) is 10.1. The first-order valence-corrected chi connectivity index (χ1v) is 7.52. The highest BCUT2D eigenvalue weighted by atomic mass is 79.9. The van der Waals surface area contributed by atoms with Crippen LogP contribution in [0.2, 0.25) is 0 Å². The van der Waals surface area contributed by atoms with Crippen molar-refractivity contribution in [2.24, 2.45) is 0 Å². The maximum absolute atomic E-state index is 12.0. The predicted octanol–water partition coefficient (Wildman–Crippen LogP) is 4.03. The zero-order valence-electron chi connectivity index (χ0n) is 12.0. The van der Waals surface area contributed by atoms with Crippen LogP contribution in [-0.4, -0.2) is 18.9 Å². The molecule has 0 aliphatic heterocycles. The standard InChI is InChI=1S/C17H15BrO4/c1-21-15-4-2-3-5-16(15)22-17(20)11-10-14(19)12-6-8-13(18)9-7-12/h2-9H,10-11H2,1H3. The first-order valence-electron chi connectivity index (χ1n) is 6.72. The topological polar surface area (TPSA) is 52.6 Å². The molecule has 0 N–H and O–H groups in total. The van der Waals surface area contributed by atoms with Crippen LogP contribution in [0.15, 0.2) is 53.0 Å². The van der Waals surface area contributed by atoms with Gasteiger partial charge in [-0.15, -0.1) is 0 Å². The van der Waals surface area contributed by atoms with Crippen LogP contribution in [0.1, 0.15) is 23.2 Å². The number of rotatable bonds is 6. The number of ketones is 1. The van der Waals surface area contributed by atoms with E-state index in [2.05, 4.69) is 15.9 Å². The molecule has 4 nitrogen and oxygen atoms in total. The van der Waals surface area contributed by atoms with E-state index in [0.717, 1.165) is 4.47 Å². The molecule has 0 bridgehead atoms. The Morgan fingerprint density at radius 1 is 0.955 bits per heavy atom. The summed E-state index contributed by atoms with van der Waals surface area (Å²) in [7, 11) is 1.50. The van der Waals surface area contributed by atoms with Crippen molar-refractivity contribution in [1.82, 2.24) is 0 Å². The second kappa shape index (κ2) is 7.75. The molecule has 0 unspecified atom stereocenters. The molecule has 0 fully saturated rings. The molecule has 0 atom stereocenters. The van der Waals surface area contributed by atoms with Crippen LogP contribution in [0.4, 0.5) is 0 Å². The summed E-state index contributed by atoms with van der Waals surface area (Å²) in [6, 6.07) is 13.9.